The van der Waals surface area contributed by atoms with E-state index in [0.29, 0.717) is 5.57 Å². The molecular formula is C17H16BrNO3S. The molecule has 2 saturated heterocycles. The van der Waals surface area contributed by atoms with Gasteiger partial charge in [-0.1, -0.05) is 46.3 Å². The number of thioether (sulfide) groups is 1. The lowest BCUT2D eigenvalue weighted by atomic mass is 9.96. The maximum absolute atomic E-state index is 12.6. The lowest BCUT2D eigenvalue weighted by molar-refractivity contribution is -0.158. The number of ether oxygens (including phenoxy) is 1. The zero-order valence-electron chi connectivity index (χ0n) is 12.8. The van der Waals surface area contributed by atoms with Crippen LogP contribution in [-0.4, -0.2) is 32.9 Å². The van der Waals surface area contributed by atoms with Crippen molar-refractivity contribution in [3.63, 3.8) is 0 Å². The Morgan fingerprint density at radius 1 is 1.43 bits per heavy atom. The number of esters is 1. The molecule has 3 rings (SSSR count). The van der Waals surface area contributed by atoms with Crippen LogP contribution in [0.2, 0.25) is 0 Å². The summed E-state index contributed by atoms with van der Waals surface area (Å²) in [7, 11) is 0. The normalized spacial score (nSPS) is 24.6. The second-order valence-electron chi connectivity index (χ2n) is 5.95. The molecule has 2 atom stereocenters. The Kier molecular flexibility index (Phi) is 4.41. The van der Waals surface area contributed by atoms with Gasteiger partial charge in [-0.05, 0) is 19.4 Å². The molecule has 4 nitrogen and oxygen atoms in total. The summed E-state index contributed by atoms with van der Waals surface area (Å²) in [6.07, 6.45) is 0. The summed E-state index contributed by atoms with van der Waals surface area (Å²) in [5.74, 6) is -0.505. The van der Waals surface area contributed by atoms with Crippen molar-refractivity contribution in [2.75, 3.05) is 0 Å². The van der Waals surface area contributed by atoms with Gasteiger partial charge in [0, 0.05) is 9.73 Å². The van der Waals surface area contributed by atoms with Crippen LogP contribution < -0.4 is 0 Å². The summed E-state index contributed by atoms with van der Waals surface area (Å²) in [4.78, 5) is 28.0. The predicted molar refractivity (Wildman–Crippen MR) is 92.9 cm³/mol. The second-order valence-corrected chi connectivity index (χ2v) is 8.14. The molecule has 0 radical (unpaired) electrons. The minimum atomic E-state index is -0.574. The first-order chi connectivity index (χ1) is 11.0. The highest BCUT2D eigenvalue weighted by Gasteiger charge is 2.61. The van der Waals surface area contributed by atoms with Gasteiger partial charge in [0.25, 0.3) is 5.91 Å². The fourth-order valence-electron chi connectivity index (χ4n) is 2.88. The van der Waals surface area contributed by atoms with E-state index in [4.69, 9.17) is 4.74 Å². The van der Waals surface area contributed by atoms with Crippen molar-refractivity contribution in [2.24, 2.45) is 0 Å². The molecule has 23 heavy (non-hydrogen) atoms. The Hall–Kier alpha value is -1.49. The van der Waals surface area contributed by atoms with Gasteiger partial charge in [0.2, 0.25) is 0 Å². The second kappa shape index (κ2) is 6.19. The first kappa shape index (κ1) is 16.4. The first-order valence-corrected chi connectivity index (χ1v) is 9.01. The quantitative estimate of drug-likeness (QED) is 0.342. The smallest absolute Gasteiger partial charge is 0.330 e. The number of carbonyl (C=O) groups is 2. The van der Waals surface area contributed by atoms with E-state index >= 15 is 0 Å². The molecule has 0 unspecified atom stereocenters. The SMILES string of the molecule is CC1(C)S[C@@H]2C(=C=CBr)C(=O)N2[C@H]1C(=O)OCc1ccccc1. The minimum absolute atomic E-state index is 0.124. The Morgan fingerprint density at radius 3 is 2.78 bits per heavy atom. The van der Waals surface area contributed by atoms with E-state index in [0.717, 1.165) is 5.56 Å². The van der Waals surface area contributed by atoms with Crippen molar-refractivity contribution in [1.29, 1.82) is 0 Å². The van der Waals surface area contributed by atoms with Crippen LogP contribution >= 0.6 is 27.7 Å². The maximum Gasteiger partial charge on any atom is 0.330 e. The van der Waals surface area contributed by atoms with Crippen LogP contribution in [0, 0.1) is 0 Å². The summed E-state index contributed by atoms with van der Waals surface area (Å²) in [5.41, 5.74) is 4.43. The van der Waals surface area contributed by atoms with Crippen LogP contribution in [-0.2, 0) is 20.9 Å². The van der Waals surface area contributed by atoms with E-state index in [2.05, 4.69) is 21.7 Å². The molecule has 2 aliphatic rings. The summed E-state index contributed by atoms with van der Waals surface area (Å²) < 4.78 is 5.05. The van der Waals surface area contributed by atoms with Crippen LogP contribution in [0.1, 0.15) is 19.4 Å². The summed E-state index contributed by atoms with van der Waals surface area (Å²) in [6, 6.07) is 8.95. The maximum atomic E-state index is 12.6. The topological polar surface area (TPSA) is 46.6 Å². The molecule has 2 fully saturated rings. The van der Waals surface area contributed by atoms with Crippen molar-refractivity contribution >= 4 is 39.6 Å². The van der Waals surface area contributed by atoms with Gasteiger partial charge in [-0.3, -0.25) is 4.79 Å². The minimum Gasteiger partial charge on any atom is -0.459 e. The molecule has 2 aliphatic heterocycles. The molecular weight excluding hydrogens is 378 g/mol. The highest BCUT2D eigenvalue weighted by Crippen LogP contribution is 2.53. The van der Waals surface area contributed by atoms with Crippen LogP contribution in [0.15, 0.2) is 46.6 Å². The van der Waals surface area contributed by atoms with E-state index < -0.39 is 10.8 Å². The molecule has 120 valence electrons. The Balaban J connectivity index is 1.75. The molecule has 0 aliphatic carbocycles. The average molecular weight is 394 g/mol. The molecule has 2 heterocycles. The van der Waals surface area contributed by atoms with E-state index in [1.165, 1.54) is 0 Å². The molecule has 1 aromatic rings. The Labute approximate surface area is 147 Å². The van der Waals surface area contributed by atoms with Crippen molar-refractivity contribution in [1.82, 2.24) is 4.90 Å². The Bertz CT molecular complexity index is 710. The van der Waals surface area contributed by atoms with Gasteiger partial charge < -0.3 is 9.64 Å². The number of hydrogen-bond donors (Lipinski definition) is 0. The van der Waals surface area contributed by atoms with Crippen LogP contribution in [0.3, 0.4) is 0 Å². The molecule has 0 bridgehead atoms. The number of fused-ring (bicyclic) bond motifs is 1. The highest BCUT2D eigenvalue weighted by atomic mass is 79.9. The third kappa shape index (κ3) is 2.87. The van der Waals surface area contributed by atoms with Gasteiger partial charge in [0.1, 0.15) is 18.0 Å². The van der Waals surface area contributed by atoms with Gasteiger partial charge in [-0.15, -0.1) is 17.5 Å². The first-order valence-electron chi connectivity index (χ1n) is 7.22. The fraction of sp³-hybridized carbons (Fsp3) is 0.353. The van der Waals surface area contributed by atoms with Crippen molar-refractivity contribution < 1.29 is 14.3 Å². The highest BCUT2D eigenvalue weighted by molar-refractivity contribution is 9.11. The van der Waals surface area contributed by atoms with Crippen LogP contribution in [0.25, 0.3) is 0 Å². The molecule has 0 N–H and O–H groups in total. The molecule has 0 spiro atoms. The van der Waals surface area contributed by atoms with Gasteiger partial charge in [-0.2, -0.15) is 0 Å². The third-order valence-electron chi connectivity index (χ3n) is 3.97. The number of nitrogens with zero attached hydrogens (tertiary/aromatic N) is 1. The number of β-lactam (4-membered cyclic amide) rings is 1. The van der Waals surface area contributed by atoms with Gasteiger partial charge >= 0.3 is 5.97 Å². The van der Waals surface area contributed by atoms with E-state index in [-0.39, 0.29) is 23.9 Å². The fourth-order valence-corrected chi connectivity index (χ4v) is 4.65. The largest absolute Gasteiger partial charge is 0.459 e. The third-order valence-corrected chi connectivity index (χ3v) is 5.72. The van der Waals surface area contributed by atoms with Crippen LogP contribution in [0.5, 0.6) is 0 Å². The zero-order chi connectivity index (χ0) is 16.6. The number of carbonyl (C=O) groups excluding carboxylic acids is 2. The van der Waals surface area contributed by atoms with Crippen LogP contribution in [0.4, 0.5) is 0 Å². The van der Waals surface area contributed by atoms with E-state index in [1.807, 2.05) is 44.2 Å². The zero-order valence-corrected chi connectivity index (χ0v) is 15.2. The van der Waals surface area contributed by atoms with Crippen molar-refractivity contribution in [3.05, 3.63) is 52.2 Å². The summed E-state index contributed by atoms with van der Waals surface area (Å²) in [6.45, 7) is 4.15. The van der Waals surface area contributed by atoms with E-state index in [1.54, 1.807) is 21.6 Å². The van der Waals surface area contributed by atoms with Crippen molar-refractivity contribution in [3.8, 4) is 0 Å². The van der Waals surface area contributed by atoms with Gasteiger partial charge in [0.15, 0.2) is 0 Å². The average Bonchev–Trinajstić information content (AvgIpc) is 2.79. The molecule has 1 aromatic carbocycles. The number of rotatable bonds is 3. The standard InChI is InChI=1S/C17H16BrNO3S/c1-17(2)13(16(21)22-10-11-6-4-3-5-7-11)19-14(20)12(8-9-18)15(19)23-17/h3-7,9,13,15H,10H2,1-2H3/t8?,13-,15+/m0/s1. The molecule has 1 amide bonds. The Morgan fingerprint density at radius 2 is 2.13 bits per heavy atom. The predicted octanol–water partition coefficient (Wildman–Crippen LogP) is 3.23. The van der Waals surface area contributed by atoms with Crippen molar-refractivity contribution in [2.45, 2.75) is 36.6 Å². The summed E-state index contributed by atoms with van der Waals surface area (Å²) in [5, 5.41) is -0.124. The van der Waals surface area contributed by atoms with Gasteiger partial charge in [-0.25, -0.2) is 4.79 Å². The molecule has 6 heteroatoms. The van der Waals surface area contributed by atoms with Gasteiger partial charge in [0.05, 0.1) is 5.57 Å². The number of benzene rings is 1. The summed E-state index contributed by atoms with van der Waals surface area (Å²) >= 11 is 4.74. The molecule has 0 saturated carbocycles. The lowest BCUT2D eigenvalue weighted by Crippen LogP contribution is -2.58. The molecule has 0 aromatic heterocycles. The number of halogens is 1. The van der Waals surface area contributed by atoms with E-state index in [9.17, 15) is 9.59 Å². The lowest BCUT2D eigenvalue weighted by Gasteiger charge is -2.38. The monoisotopic (exact) mass is 393 g/mol. The number of hydrogen-bond acceptors (Lipinski definition) is 4. The number of amides is 1.